The van der Waals surface area contributed by atoms with Crippen molar-refractivity contribution in [1.82, 2.24) is 9.80 Å². The second kappa shape index (κ2) is 8.02. The van der Waals surface area contributed by atoms with Crippen LogP contribution < -0.4 is 5.32 Å². The zero-order valence-corrected chi connectivity index (χ0v) is 13.8. The molecular weight excluding hydrogens is 308 g/mol. The molecule has 0 radical (unpaired) electrons. The number of hydrogen-bond acceptors (Lipinski definition) is 5. The van der Waals surface area contributed by atoms with Gasteiger partial charge in [-0.05, 0) is 18.6 Å². The highest BCUT2D eigenvalue weighted by Crippen LogP contribution is 2.14. The van der Waals surface area contributed by atoms with Crippen molar-refractivity contribution in [3.8, 4) is 6.07 Å². The van der Waals surface area contributed by atoms with Crippen molar-refractivity contribution in [2.45, 2.75) is 6.92 Å². The first-order chi connectivity index (χ1) is 11.5. The van der Waals surface area contributed by atoms with Crippen molar-refractivity contribution < 1.29 is 14.3 Å². The maximum absolute atomic E-state index is 12.3. The Labute approximate surface area is 141 Å². The Morgan fingerprint density at radius 2 is 1.92 bits per heavy atom. The first-order valence-corrected chi connectivity index (χ1v) is 7.61. The van der Waals surface area contributed by atoms with Crippen molar-refractivity contribution in [3.63, 3.8) is 0 Å². The Morgan fingerprint density at radius 3 is 2.50 bits per heavy atom. The summed E-state index contributed by atoms with van der Waals surface area (Å²) in [7, 11) is 1.35. The highest BCUT2D eigenvalue weighted by Gasteiger charge is 2.21. The van der Waals surface area contributed by atoms with Gasteiger partial charge in [-0.1, -0.05) is 18.2 Å². The Kier molecular flexibility index (Phi) is 5.79. The fraction of sp³-hybridized carbons (Fsp3) is 0.353. The van der Waals surface area contributed by atoms with Crippen LogP contribution in [0.5, 0.6) is 0 Å². The van der Waals surface area contributed by atoms with Crippen molar-refractivity contribution >= 4 is 17.7 Å². The van der Waals surface area contributed by atoms with E-state index >= 15 is 0 Å². The molecule has 0 aromatic heterocycles. The van der Waals surface area contributed by atoms with Crippen LogP contribution in [0.25, 0.3) is 0 Å². The van der Waals surface area contributed by atoms with Gasteiger partial charge in [-0.2, -0.15) is 5.26 Å². The van der Waals surface area contributed by atoms with E-state index in [0.29, 0.717) is 31.9 Å². The molecule has 1 aromatic rings. The minimum atomic E-state index is -0.442. The molecule has 1 heterocycles. The van der Waals surface area contributed by atoms with E-state index in [-0.39, 0.29) is 11.7 Å². The van der Waals surface area contributed by atoms with Gasteiger partial charge >= 0.3 is 6.09 Å². The Bertz CT molecular complexity index is 685. The molecule has 0 spiro atoms. The van der Waals surface area contributed by atoms with Crippen molar-refractivity contribution in [2.24, 2.45) is 0 Å². The summed E-state index contributed by atoms with van der Waals surface area (Å²) in [5.74, 6) is -0.442. The summed E-state index contributed by atoms with van der Waals surface area (Å²) >= 11 is 0. The quantitative estimate of drug-likeness (QED) is 0.674. The highest BCUT2D eigenvalue weighted by atomic mass is 16.5. The topological polar surface area (TPSA) is 85.7 Å². The van der Waals surface area contributed by atoms with Gasteiger partial charge in [0.05, 0.1) is 7.11 Å². The van der Waals surface area contributed by atoms with Gasteiger partial charge in [-0.25, -0.2) is 4.79 Å². The number of anilines is 1. The lowest BCUT2D eigenvalue weighted by atomic mass is 10.2. The molecule has 126 valence electrons. The van der Waals surface area contributed by atoms with Crippen LogP contribution in [0.3, 0.4) is 0 Å². The van der Waals surface area contributed by atoms with Crippen LogP contribution in [0.15, 0.2) is 36.0 Å². The zero-order valence-electron chi connectivity index (χ0n) is 13.8. The molecule has 2 rings (SSSR count). The van der Waals surface area contributed by atoms with Crippen molar-refractivity contribution in [1.29, 1.82) is 5.26 Å². The molecule has 0 aliphatic carbocycles. The number of rotatable bonds is 3. The van der Waals surface area contributed by atoms with E-state index in [9.17, 15) is 14.9 Å². The molecule has 1 fully saturated rings. The number of nitrogens with one attached hydrogen (secondary N) is 1. The Morgan fingerprint density at radius 1 is 1.25 bits per heavy atom. The number of nitrogens with zero attached hydrogens (tertiary/aromatic N) is 3. The summed E-state index contributed by atoms with van der Waals surface area (Å²) in [6.07, 6.45) is 1.18. The molecular formula is C17H20N4O3. The molecule has 0 unspecified atom stereocenters. The normalized spacial score (nSPS) is 14.8. The third kappa shape index (κ3) is 4.26. The number of amides is 2. The predicted octanol–water partition coefficient (Wildman–Crippen LogP) is 1.72. The van der Waals surface area contributed by atoms with Crippen LogP contribution >= 0.6 is 0 Å². The van der Waals surface area contributed by atoms with Gasteiger partial charge < -0.3 is 19.9 Å². The summed E-state index contributed by atoms with van der Waals surface area (Å²) in [6, 6.07) is 9.32. The minimum Gasteiger partial charge on any atom is -0.453 e. The van der Waals surface area contributed by atoms with Gasteiger partial charge in [-0.15, -0.1) is 0 Å². The first kappa shape index (κ1) is 17.3. The van der Waals surface area contributed by atoms with Crippen LogP contribution in [0, 0.1) is 18.3 Å². The summed E-state index contributed by atoms with van der Waals surface area (Å²) in [5, 5.41) is 12.0. The molecule has 7 heteroatoms. The monoisotopic (exact) mass is 328 g/mol. The number of aryl methyl sites for hydroxylation is 1. The third-order valence-electron chi connectivity index (χ3n) is 3.82. The lowest BCUT2D eigenvalue weighted by Gasteiger charge is -2.33. The number of ether oxygens (including phenoxy) is 1. The van der Waals surface area contributed by atoms with Gasteiger partial charge in [0.15, 0.2) is 0 Å². The highest BCUT2D eigenvalue weighted by molar-refractivity contribution is 6.06. The average molecular weight is 328 g/mol. The van der Waals surface area contributed by atoms with E-state index < -0.39 is 5.91 Å². The number of para-hydroxylation sites is 1. The number of nitriles is 1. The van der Waals surface area contributed by atoms with Gasteiger partial charge in [0, 0.05) is 38.1 Å². The maximum atomic E-state index is 12.3. The first-order valence-electron chi connectivity index (χ1n) is 7.61. The Hall–Kier alpha value is -3.01. The maximum Gasteiger partial charge on any atom is 0.409 e. The average Bonchev–Trinajstić information content (AvgIpc) is 2.61. The van der Waals surface area contributed by atoms with E-state index in [4.69, 9.17) is 0 Å². The van der Waals surface area contributed by atoms with Gasteiger partial charge in [-0.3, -0.25) is 4.79 Å². The van der Waals surface area contributed by atoms with E-state index in [2.05, 4.69) is 10.1 Å². The van der Waals surface area contributed by atoms with Crippen LogP contribution in [-0.2, 0) is 9.53 Å². The van der Waals surface area contributed by atoms with Gasteiger partial charge in [0.2, 0.25) is 0 Å². The molecule has 1 saturated heterocycles. The summed E-state index contributed by atoms with van der Waals surface area (Å²) in [6.45, 7) is 3.94. The molecule has 24 heavy (non-hydrogen) atoms. The molecule has 0 saturated carbocycles. The number of carbonyl (C=O) groups is 2. The molecule has 0 atom stereocenters. The number of benzene rings is 1. The SMILES string of the molecule is COC(=O)N1CCN(/C=C(/C#N)C(=O)Nc2ccccc2C)CC1. The van der Waals surface area contributed by atoms with E-state index in [0.717, 1.165) is 5.56 Å². The van der Waals surface area contributed by atoms with Crippen LogP contribution in [0.4, 0.5) is 10.5 Å². The third-order valence-corrected chi connectivity index (χ3v) is 3.82. The Balaban J connectivity index is 2.00. The fourth-order valence-corrected chi connectivity index (χ4v) is 2.39. The standard InChI is InChI=1S/C17H20N4O3/c1-13-5-3-4-6-15(13)19-16(22)14(11-18)12-20-7-9-21(10-8-20)17(23)24-2/h3-6,12H,7-10H2,1-2H3,(H,19,22)/b14-12-. The molecule has 1 aliphatic heterocycles. The number of piperazine rings is 1. The second-order valence-electron chi connectivity index (χ2n) is 5.42. The lowest BCUT2D eigenvalue weighted by Crippen LogP contribution is -2.47. The van der Waals surface area contributed by atoms with E-state index in [1.807, 2.05) is 36.1 Å². The van der Waals surface area contributed by atoms with Crippen molar-refractivity contribution in [3.05, 3.63) is 41.6 Å². The molecule has 1 N–H and O–H groups in total. The van der Waals surface area contributed by atoms with Crippen LogP contribution in [0.2, 0.25) is 0 Å². The van der Waals surface area contributed by atoms with Gasteiger partial charge in [0.1, 0.15) is 11.6 Å². The number of methoxy groups -OCH3 is 1. The smallest absolute Gasteiger partial charge is 0.409 e. The minimum absolute atomic E-state index is 0.0322. The molecule has 0 bridgehead atoms. The van der Waals surface area contributed by atoms with E-state index in [1.54, 1.807) is 17.2 Å². The fourth-order valence-electron chi connectivity index (χ4n) is 2.39. The van der Waals surface area contributed by atoms with Crippen molar-refractivity contribution in [2.75, 3.05) is 38.6 Å². The molecule has 7 nitrogen and oxygen atoms in total. The lowest BCUT2D eigenvalue weighted by molar-refractivity contribution is -0.112. The second-order valence-corrected chi connectivity index (χ2v) is 5.42. The summed E-state index contributed by atoms with van der Waals surface area (Å²) in [4.78, 5) is 27.2. The predicted molar refractivity (Wildman–Crippen MR) is 89.1 cm³/mol. The van der Waals surface area contributed by atoms with Crippen LogP contribution in [-0.4, -0.2) is 55.1 Å². The summed E-state index contributed by atoms with van der Waals surface area (Å²) < 4.78 is 4.68. The molecule has 2 amide bonds. The molecule has 1 aromatic carbocycles. The number of hydrogen-bond donors (Lipinski definition) is 1. The van der Waals surface area contributed by atoms with E-state index in [1.165, 1.54) is 7.11 Å². The summed E-state index contributed by atoms with van der Waals surface area (Å²) in [5.41, 5.74) is 1.64. The number of carbonyl (C=O) groups excluding carboxylic acids is 2. The van der Waals surface area contributed by atoms with Gasteiger partial charge in [0.25, 0.3) is 5.91 Å². The van der Waals surface area contributed by atoms with Crippen LogP contribution in [0.1, 0.15) is 5.56 Å². The zero-order chi connectivity index (χ0) is 17.5. The molecule has 1 aliphatic rings. The largest absolute Gasteiger partial charge is 0.453 e.